The highest BCUT2D eigenvalue weighted by molar-refractivity contribution is 7.46. The predicted molar refractivity (Wildman–Crippen MR) is 216 cm³/mol. The SMILES string of the molecule is CCCCCCCC/C=C/CCCCCCCCCCCC(=O)OC[C@H](COP(=O)(O)O)OC(=O)CCCCCCCCCCCCCCCCC. The van der Waals surface area contributed by atoms with Gasteiger partial charge in [-0.2, -0.15) is 0 Å². The summed E-state index contributed by atoms with van der Waals surface area (Å²) in [6.07, 6.45) is 43.6. The third kappa shape index (κ3) is 41.5. The molecule has 0 saturated carbocycles. The number of carbonyl (C=O) groups excluding carboxylic acids is 2. The molecular weight excluding hydrogens is 675 g/mol. The third-order valence-corrected chi connectivity index (χ3v) is 10.3. The Kier molecular flexibility index (Phi) is 38.6. The lowest BCUT2D eigenvalue weighted by Gasteiger charge is -2.18. The second-order valence-electron chi connectivity index (χ2n) is 15.0. The van der Waals surface area contributed by atoms with Crippen LogP contribution in [0, 0.1) is 0 Å². The summed E-state index contributed by atoms with van der Waals surface area (Å²) in [6, 6.07) is 0. The molecule has 0 heterocycles. The summed E-state index contributed by atoms with van der Waals surface area (Å²) in [5, 5.41) is 0. The Hall–Kier alpha value is -1.21. The van der Waals surface area contributed by atoms with Crippen LogP contribution in [-0.2, 0) is 28.2 Å². The van der Waals surface area contributed by atoms with Crippen molar-refractivity contribution in [1.82, 2.24) is 0 Å². The van der Waals surface area contributed by atoms with E-state index in [-0.39, 0.29) is 19.4 Å². The molecule has 0 spiro atoms. The second kappa shape index (κ2) is 39.5. The Labute approximate surface area is 320 Å². The molecule has 0 aliphatic carbocycles. The molecule has 0 saturated heterocycles. The van der Waals surface area contributed by atoms with Crippen molar-refractivity contribution in [2.24, 2.45) is 0 Å². The standard InChI is InChI=1S/C43H83O8P/c1-3-5-7-9-11-13-15-17-19-20-21-22-24-25-27-29-31-33-35-37-42(44)49-39-41(40-50-52(46,47)48)51-43(45)38-36-34-32-30-28-26-23-18-16-14-12-10-8-6-4-2/h17,19,41H,3-16,18,20-40H2,1-2H3,(H2,46,47,48)/b19-17+/t41-/m1/s1. The first-order valence-electron chi connectivity index (χ1n) is 22.0. The van der Waals surface area contributed by atoms with Crippen LogP contribution in [0.15, 0.2) is 12.2 Å². The number of rotatable bonds is 41. The molecule has 0 fully saturated rings. The lowest BCUT2D eigenvalue weighted by atomic mass is 10.0. The number of unbranched alkanes of at least 4 members (excludes halogenated alkanes) is 29. The highest BCUT2D eigenvalue weighted by Crippen LogP contribution is 2.36. The number of allylic oxidation sites excluding steroid dienone is 2. The zero-order valence-electron chi connectivity index (χ0n) is 34.0. The fourth-order valence-corrected chi connectivity index (χ4v) is 6.85. The van der Waals surface area contributed by atoms with Gasteiger partial charge in [0.05, 0.1) is 6.61 Å². The average molecular weight is 759 g/mol. The zero-order chi connectivity index (χ0) is 38.2. The van der Waals surface area contributed by atoms with Crippen LogP contribution in [0.1, 0.15) is 232 Å². The van der Waals surface area contributed by atoms with E-state index in [0.717, 1.165) is 32.1 Å². The van der Waals surface area contributed by atoms with Crippen molar-refractivity contribution in [2.45, 2.75) is 238 Å². The Morgan fingerprint density at radius 2 is 0.808 bits per heavy atom. The van der Waals surface area contributed by atoms with Crippen molar-refractivity contribution in [2.75, 3.05) is 13.2 Å². The summed E-state index contributed by atoms with van der Waals surface area (Å²) in [7, 11) is -4.75. The van der Waals surface area contributed by atoms with Gasteiger partial charge in [0.25, 0.3) is 0 Å². The van der Waals surface area contributed by atoms with Gasteiger partial charge >= 0.3 is 19.8 Å². The van der Waals surface area contributed by atoms with Crippen LogP contribution in [0.3, 0.4) is 0 Å². The normalized spacial score (nSPS) is 12.5. The zero-order valence-corrected chi connectivity index (χ0v) is 34.9. The van der Waals surface area contributed by atoms with Gasteiger partial charge in [-0.3, -0.25) is 14.1 Å². The van der Waals surface area contributed by atoms with Crippen molar-refractivity contribution in [3.8, 4) is 0 Å². The van der Waals surface area contributed by atoms with Crippen LogP contribution in [0.2, 0.25) is 0 Å². The number of phosphoric acid groups is 1. The van der Waals surface area contributed by atoms with E-state index < -0.39 is 32.5 Å². The molecule has 1 atom stereocenters. The van der Waals surface area contributed by atoms with E-state index in [4.69, 9.17) is 19.3 Å². The minimum Gasteiger partial charge on any atom is -0.462 e. The van der Waals surface area contributed by atoms with Crippen molar-refractivity contribution >= 4 is 19.8 Å². The number of phosphoric ester groups is 1. The molecule has 0 bridgehead atoms. The van der Waals surface area contributed by atoms with E-state index in [2.05, 4.69) is 30.5 Å². The van der Waals surface area contributed by atoms with Gasteiger partial charge in [-0.15, -0.1) is 0 Å². The van der Waals surface area contributed by atoms with Crippen LogP contribution in [0.5, 0.6) is 0 Å². The molecule has 9 heteroatoms. The Bertz CT molecular complexity index is 858. The van der Waals surface area contributed by atoms with Crippen LogP contribution < -0.4 is 0 Å². The lowest BCUT2D eigenvalue weighted by Crippen LogP contribution is -2.29. The Morgan fingerprint density at radius 3 is 1.17 bits per heavy atom. The van der Waals surface area contributed by atoms with Gasteiger partial charge < -0.3 is 19.3 Å². The molecule has 0 unspecified atom stereocenters. The van der Waals surface area contributed by atoms with Crippen molar-refractivity contribution < 1.29 is 37.9 Å². The van der Waals surface area contributed by atoms with Gasteiger partial charge in [0.2, 0.25) is 0 Å². The van der Waals surface area contributed by atoms with Gasteiger partial charge in [0, 0.05) is 12.8 Å². The van der Waals surface area contributed by atoms with E-state index in [1.54, 1.807) is 0 Å². The van der Waals surface area contributed by atoms with Crippen molar-refractivity contribution in [3.05, 3.63) is 12.2 Å². The first-order valence-corrected chi connectivity index (χ1v) is 23.5. The Balaban J connectivity index is 3.85. The molecule has 308 valence electrons. The van der Waals surface area contributed by atoms with Crippen LogP contribution >= 0.6 is 7.82 Å². The number of hydrogen-bond donors (Lipinski definition) is 2. The number of carbonyl (C=O) groups is 2. The largest absolute Gasteiger partial charge is 0.469 e. The monoisotopic (exact) mass is 759 g/mol. The van der Waals surface area contributed by atoms with E-state index in [1.807, 2.05) is 0 Å². The van der Waals surface area contributed by atoms with Gasteiger partial charge in [-0.1, -0.05) is 193 Å². The van der Waals surface area contributed by atoms with Gasteiger partial charge in [0.1, 0.15) is 6.61 Å². The molecule has 8 nitrogen and oxygen atoms in total. The lowest BCUT2D eigenvalue weighted by molar-refractivity contribution is -0.161. The third-order valence-electron chi connectivity index (χ3n) is 9.78. The summed E-state index contributed by atoms with van der Waals surface area (Å²) in [6.45, 7) is 3.71. The molecule has 0 aromatic heterocycles. The van der Waals surface area contributed by atoms with Gasteiger partial charge in [-0.25, -0.2) is 4.57 Å². The summed E-state index contributed by atoms with van der Waals surface area (Å²) < 4.78 is 26.4. The fourth-order valence-electron chi connectivity index (χ4n) is 6.49. The molecule has 52 heavy (non-hydrogen) atoms. The Morgan fingerprint density at radius 1 is 0.481 bits per heavy atom. The molecule has 0 amide bonds. The van der Waals surface area contributed by atoms with Crippen LogP contribution in [0.4, 0.5) is 0 Å². The van der Waals surface area contributed by atoms with E-state index in [0.29, 0.717) is 6.42 Å². The number of esters is 2. The molecule has 0 aromatic rings. The quantitative estimate of drug-likeness (QED) is 0.0274. The van der Waals surface area contributed by atoms with Crippen molar-refractivity contribution in [1.29, 1.82) is 0 Å². The maximum absolute atomic E-state index is 12.4. The fraction of sp³-hybridized carbons (Fsp3) is 0.907. The molecule has 0 rings (SSSR count). The molecule has 2 N–H and O–H groups in total. The maximum atomic E-state index is 12.4. The summed E-state index contributed by atoms with van der Waals surface area (Å²) in [5.74, 6) is -0.874. The smallest absolute Gasteiger partial charge is 0.462 e. The summed E-state index contributed by atoms with van der Waals surface area (Å²) in [4.78, 5) is 42.9. The average Bonchev–Trinajstić information content (AvgIpc) is 3.11. The summed E-state index contributed by atoms with van der Waals surface area (Å²) >= 11 is 0. The molecule has 0 aliphatic heterocycles. The highest BCUT2D eigenvalue weighted by Gasteiger charge is 2.22. The van der Waals surface area contributed by atoms with Crippen LogP contribution in [0.25, 0.3) is 0 Å². The maximum Gasteiger partial charge on any atom is 0.469 e. The highest BCUT2D eigenvalue weighted by atomic mass is 31.2. The van der Waals surface area contributed by atoms with Gasteiger partial charge in [0.15, 0.2) is 6.10 Å². The second-order valence-corrected chi connectivity index (χ2v) is 16.3. The predicted octanol–water partition coefficient (Wildman–Crippen LogP) is 13.4. The number of hydrogen-bond acceptors (Lipinski definition) is 6. The first kappa shape index (κ1) is 50.8. The molecule has 0 aromatic carbocycles. The van der Waals surface area contributed by atoms with E-state index in [1.165, 1.54) is 167 Å². The minimum atomic E-state index is -4.75. The molecule has 0 aliphatic rings. The van der Waals surface area contributed by atoms with E-state index >= 15 is 0 Å². The molecular formula is C43H83O8P. The van der Waals surface area contributed by atoms with Crippen molar-refractivity contribution in [3.63, 3.8) is 0 Å². The topological polar surface area (TPSA) is 119 Å². The van der Waals surface area contributed by atoms with Gasteiger partial charge in [-0.05, 0) is 38.5 Å². The van der Waals surface area contributed by atoms with Crippen LogP contribution in [-0.4, -0.2) is 41.0 Å². The van der Waals surface area contributed by atoms with E-state index in [9.17, 15) is 14.2 Å². The molecule has 0 radical (unpaired) electrons. The minimum absolute atomic E-state index is 0.218. The number of ether oxygens (including phenoxy) is 2. The summed E-state index contributed by atoms with van der Waals surface area (Å²) in [5.41, 5.74) is 0. The first-order chi connectivity index (χ1) is 25.3.